The van der Waals surface area contributed by atoms with Crippen LogP contribution >= 0.6 is 0 Å². The van der Waals surface area contributed by atoms with Crippen molar-refractivity contribution in [1.29, 1.82) is 0 Å². The molecule has 0 fully saturated rings. The number of nitrogens with zero attached hydrogens (tertiary/aromatic N) is 2. The lowest BCUT2D eigenvalue weighted by molar-refractivity contribution is 0.173. The number of hydrogen-bond donors (Lipinski definition) is 2. The van der Waals surface area contributed by atoms with Crippen molar-refractivity contribution in [2.75, 3.05) is 6.54 Å². The molecule has 10 heavy (non-hydrogen) atoms. The van der Waals surface area contributed by atoms with Crippen molar-refractivity contribution < 1.29 is 5.11 Å². The Labute approximate surface area is 59.3 Å². The number of hydrogen-bond acceptors (Lipinski definition) is 3. The summed E-state index contributed by atoms with van der Waals surface area (Å²) in [6, 6.07) is 0. The van der Waals surface area contributed by atoms with Gasteiger partial charge in [-0.05, 0) is 0 Å². The first-order valence-electron chi connectivity index (χ1n) is 3.11. The van der Waals surface area contributed by atoms with Crippen LogP contribution < -0.4 is 5.73 Å². The van der Waals surface area contributed by atoms with Crippen LogP contribution in [0.1, 0.15) is 11.9 Å². The van der Waals surface area contributed by atoms with Crippen molar-refractivity contribution in [2.24, 2.45) is 12.8 Å². The van der Waals surface area contributed by atoms with Gasteiger partial charge in [-0.2, -0.15) is 0 Å². The SMILES string of the molecule is Cn1ccnc1C(O)CN. The van der Waals surface area contributed by atoms with E-state index in [1.165, 1.54) is 0 Å². The molecule has 4 heteroatoms. The topological polar surface area (TPSA) is 64.1 Å². The quantitative estimate of drug-likeness (QED) is 0.578. The first-order chi connectivity index (χ1) is 4.75. The number of aryl methyl sites for hydroxylation is 1. The van der Waals surface area contributed by atoms with Gasteiger partial charge in [-0.25, -0.2) is 4.98 Å². The van der Waals surface area contributed by atoms with Gasteiger partial charge in [-0.1, -0.05) is 0 Å². The predicted molar refractivity (Wildman–Crippen MR) is 37.2 cm³/mol. The van der Waals surface area contributed by atoms with E-state index in [4.69, 9.17) is 5.73 Å². The van der Waals surface area contributed by atoms with Gasteiger partial charge < -0.3 is 15.4 Å². The second kappa shape index (κ2) is 2.81. The summed E-state index contributed by atoms with van der Waals surface area (Å²) < 4.78 is 1.75. The standard InChI is InChI=1S/C6H11N3O/c1-9-3-2-8-6(9)5(10)4-7/h2-3,5,10H,4,7H2,1H3. The van der Waals surface area contributed by atoms with Gasteiger partial charge in [0.15, 0.2) is 0 Å². The van der Waals surface area contributed by atoms with Crippen molar-refractivity contribution in [1.82, 2.24) is 9.55 Å². The Balaban J connectivity index is 2.82. The molecule has 0 amide bonds. The van der Waals surface area contributed by atoms with Crippen LogP contribution in [0, 0.1) is 0 Å². The fourth-order valence-corrected chi connectivity index (χ4v) is 0.804. The third-order valence-corrected chi connectivity index (χ3v) is 1.38. The summed E-state index contributed by atoms with van der Waals surface area (Å²) in [6.07, 6.45) is 2.77. The molecule has 0 spiro atoms. The summed E-state index contributed by atoms with van der Waals surface area (Å²) in [6.45, 7) is 0.213. The lowest BCUT2D eigenvalue weighted by atomic mass is 10.3. The van der Waals surface area contributed by atoms with E-state index in [0.29, 0.717) is 5.82 Å². The third-order valence-electron chi connectivity index (χ3n) is 1.38. The summed E-state index contributed by atoms with van der Waals surface area (Å²) in [5.41, 5.74) is 5.23. The Morgan fingerprint density at radius 3 is 3.00 bits per heavy atom. The minimum absolute atomic E-state index is 0.213. The first kappa shape index (κ1) is 7.24. The highest BCUT2D eigenvalue weighted by molar-refractivity contribution is 4.95. The first-order valence-corrected chi connectivity index (χ1v) is 3.11. The smallest absolute Gasteiger partial charge is 0.138 e. The summed E-state index contributed by atoms with van der Waals surface area (Å²) in [4.78, 5) is 3.92. The Morgan fingerprint density at radius 2 is 2.60 bits per heavy atom. The molecule has 4 nitrogen and oxygen atoms in total. The number of imidazole rings is 1. The highest BCUT2D eigenvalue weighted by Crippen LogP contribution is 2.05. The van der Waals surface area contributed by atoms with E-state index in [-0.39, 0.29) is 6.54 Å². The van der Waals surface area contributed by atoms with Gasteiger partial charge in [0.25, 0.3) is 0 Å². The molecule has 0 aliphatic rings. The van der Waals surface area contributed by atoms with Crippen molar-refractivity contribution in [3.05, 3.63) is 18.2 Å². The van der Waals surface area contributed by atoms with E-state index in [2.05, 4.69) is 4.98 Å². The minimum Gasteiger partial charge on any atom is -0.384 e. The van der Waals surface area contributed by atoms with Crippen LogP contribution in [0.2, 0.25) is 0 Å². The fourth-order valence-electron chi connectivity index (χ4n) is 0.804. The van der Waals surface area contributed by atoms with E-state index in [1.807, 2.05) is 7.05 Å². The van der Waals surface area contributed by atoms with E-state index in [1.54, 1.807) is 17.0 Å². The molecule has 56 valence electrons. The third kappa shape index (κ3) is 1.17. The monoisotopic (exact) mass is 141 g/mol. The molecule has 0 aliphatic carbocycles. The van der Waals surface area contributed by atoms with Gasteiger partial charge in [0.05, 0.1) is 0 Å². The molecule has 1 aromatic heterocycles. The lowest BCUT2D eigenvalue weighted by Gasteiger charge is -2.05. The lowest BCUT2D eigenvalue weighted by Crippen LogP contribution is -2.15. The van der Waals surface area contributed by atoms with Crippen LogP contribution in [-0.2, 0) is 7.05 Å². The molecule has 3 N–H and O–H groups in total. The second-order valence-electron chi connectivity index (χ2n) is 2.15. The normalized spacial score (nSPS) is 13.5. The number of aliphatic hydroxyl groups is 1. The van der Waals surface area contributed by atoms with E-state index in [0.717, 1.165) is 0 Å². The second-order valence-corrected chi connectivity index (χ2v) is 2.15. The van der Waals surface area contributed by atoms with Crippen molar-refractivity contribution in [2.45, 2.75) is 6.10 Å². The molecule has 1 aromatic rings. The fraction of sp³-hybridized carbons (Fsp3) is 0.500. The number of aliphatic hydroxyl groups excluding tert-OH is 1. The zero-order chi connectivity index (χ0) is 7.56. The average molecular weight is 141 g/mol. The molecule has 0 aromatic carbocycles. The van der Waals surface area contributed by atoms with Crippen LogP contribution in [0.3, 0.4) is 0 Å². The number of nitrogens with two attached hydrogens (primary N) is 1. The van der Waals surface area contributed by atoms with Crippen LogP contribution in [0.25, 0.3) is 0 Å². The minimum atomic E-state index is -0.639. The molecule has 0 bridgehead atoms. The van der Waals surface area contributed by atoms with E-state index < -0.39 is 6.10 Å². The number of aromatic nitrogens is 2. The van der Waals surface area contributed by atoms with Crippen molar-refractivity contribution >= 4 is 0 Å². The summed E-state index contributed by atoms with van der Waals surface area (Å²) in [5.74, 6) is 0.613. The van der Waals surface area contributed by atoms with Crippen LogP contribution in [0.15, 0.2) is 12.4 Å². The summed E-state index contributed by atoms with van der Waals surface area (Å²) in [5, 5.41) is 9.19. The van der Waals surface area contributed by atoms with Gasteiger partial charge in [0, 0.05) is 26.0 Å². The molecular weight excluding hydrogens is 130 g/mol. The van der Waals surface area contributed by atoms with Crippen LogP contribution in [0.5, 0.6) is 0 Å². The molecule has 1 rings (SSSR count). The molecule has 0 saturated carbocycles. The molecule has 0 radical (unpaired) electrons. The molecule has 0 saturated heterocycles. The Bertz CT molecular complexity index is 209. The molecular formula is C6H11N3O. The predicted octanol–water partition coefficient (Wildman–Crippen LogP) is -0.588. The van der Waals surface area contributed by atoms with Gasteiger partial charge >= 0.3 is 0 Å². The zero-order valence-corrected chi connectivity index (χ0v) is 5.86. The molecule has 1 atom stereocenters. The molecule has 1 unspecified atom stereocenters. The van der Waals surface area contributed by atoms with Crippen molar-refractivity contribution in [3.63, 3.8) is 0 Å². The Kier molecular flexibility index (Phi) is 2.03. The average Bonchev–Trinajstić information content (AvgIpc) is 2.34. The maximum absolute atomic E-state index is 9.19. The molecule has 1 heterocycles. The van der Waals surface area contributed by atoms with Gasteiger partial charge in [-0.3, -0.25) is 0 Å². The molecule has 0 aliphatic heterocycles. The van der Waals surface area contributed by atoms with Gasteiger partial charge in [0.1, 0.15) is 11.9 Å². The van der Waals surface area contributed by atoms with Crippen LogP contribution in [-0.4, -0.2) is 21.2 Å². The summed E-state index contributed by atoms with van der Waals surface area (Å²) in [7, 11) is 1.82. The Morgan fingerprint density at radius 1 is 1.90 bits per heavy atom. The number of rotatable bonds is 2. The summed E-state index contributed by atoms with van der Waals surface area (Å²) >= 11 is 0. The maximum atomic E-state index is 9.19. The van der Waals surface area contributed by atoms with Gasteiger partial charge in [0.2, 0.25) is 0 Å². The van der Waals surface area contributed by atoms with Crippen LogP contribution in [0.4, 0.5) is 0 Å². The van der Waals surface area contributed by atoms with E-state index >= 15 is 0 Å². The Hall–Kier alpha value is -0.870. The highest BCUT2D eigenvalue weighted by atomic mass is 16.3. The highest BCUT2D eigenvalue weighted by Gasteiger charge is 2.08. The van der Waals surface area contributed by atoms with Gasteiger partial charge in [-0.15, -0.1) is 0 Å². The maximum Gasteiger partial charge on any atom is 0.138 e. The van der Waals surface area contributed by atoms with Crippen molar-refractivity contribution in [3.8, 4) is 0 Å². The zero-order valence-electron chi connectivity index (χ0n) is 5.86. The van der Waals surface area contributed by atoms with E-state index in [9.17, 15) is 5.11 Å². The largest absolute Gasteiger partial charge is 0.384 e.